The van der Waals surface area contributed by atoms with Gasteiger partial charge in [-0.15, -0.1) is 0 Å². The van der Waals surface area contributed by atoms with Crippen molar-refractivity contribution in [3.63, 3.8) is 0 Å². The zero-order valence-corrected chi connectivity index (χ0v) is 14.3. The predicted molar refractivity (Wildman–Crippen MR) is 96.5 cm³/mol. The van der Waals surface area contributed by atoms with Crippen molar-refractivity contribution in [1.82, 2.24) is 9.97 Å². The van der Waals surface area contributed by atoms with Crippen LogP contribution in [0.25, 0.3) is 11.3 Å². The third-order valence-electron chi connectivity index (χ3n) is 4.77. The van der Waals surface area contributed by atoms with Crippen molar-refractivity contribution in [2.75, 3.05) is 18.0 Å². The van der Waals surface area contributed by atoms with Crippen LogP contribution < -0.4 is 4.90 Å². The Morgan fingerprint density at radius 1 is 1.04 bits per heavy atom. The Labute approximate surface area is 150 Å². The molecule has 0 spiro atoms. The van der Waals surface area contributed by atoms with E-state index in [1.165, 1.54) is 25.0 Å². The quantitative estimate of drug-likeness (QED) is 0.914. The van der Waals surface area contributed by atoms with E-state index in [1.807, 2.05) is 0 Å². The van der Waals surface area contributed by atoms with Crippen LogP contribution in [0.5, 0.6) is 0 Å². The first-order chi connectivity index (χ1) is 12.6. The fourth-order valence-corrected chi connectivity index (χ4v) is 3.41. The Balaban J connectivity index is 1.81. The lowest BCUT2D eigenvalue weighted by Crippen LogP contribution is -2.26. The minimum Gasteiger partial charge on any atom is -0.477 e. The number of aliphatic carboxylic acids is 1. The van der Waals surface area contributed by atoms with Gasteiger partial charge in [0.1, 0.15) is 17.2 Å². The molecule has 0 amide bonds. The van der Waals surface area contributed by atoms with Crippen LogP contribution in [0, 0.1) is 5.82 Å². The number of aromatic nitrogens is 2. The topological polar surface area (TPSA) is 78.7 Å². The van der Waals surface area contributed by atoms with Crippen molar-refractivity contribution in [2.24, 2.45) is 4.99 Å². The lowest BCUT2D eigenvalue weighted by atomic mass is 10.1. The highest BCUT2D eigenvalue weighted by Gasteiger charge is 2.27. The monoisotopic (exact) mass is 354 g/mol. The molecule has 1 fully saturated rings. The Morgan fingerprint density at radius 3 is 2.38 bits per heavy atom. The number of fused-ring (bicyclic) bond motifs is 1. The van der Waals surface area contributed by atoms with Gasteiger partial charge in [-0.3, -0.25) is 0 Å². The molecule has 3 heterocycles. The van der Waals surface area contributed by atoms with Crippen molar-refractivity contribution in [1.29, 1.82) is 0 Å². The molecule has 0 atom stereocenters. The number of anilines is 1. The number of rotatable bonds is 3. The van der Waals surface area contributed by atoms with E-state index in [2.05, 4.69) is 14.9 Å². The van der Waals surface area contributed by atoms with E-state index in [0.29, 0.717) is 17.2 Å². The molecular formula is C19H19FN4O2. The van der Waals surface area contributed by atoms with Gasteiger partial charge in [-0.1, -0.05) is 12.8 Å². The van der Waals surface area contributed by atoms with Crippen LogP contribution in [-0.4, -0.2) is 39.8 Å². The average molecular weight is 354 g/mol. The van der Waals surface area contributed by atoms with Crippen molar-refractivity contribution in [2.45, 2.75) is 32.1 Å². The summed E-state index contributed by atoms with van der Waals surface area (Å²) in [4.78, 5) is 26.9. The predicted octanol–water partition coefficient (Wildman–Crippen LogP) is 3.38. The molecule has 26 heavy (non-hydrogen) atoms. The van der Waals surface area contributed by atoms with Crippen LogP contribution in [-0.2, 0) is 11.2 Å². The maximum atomic E-state index is 13.3. The molecule has 0 radical (unpaired) electrons. The molecule has 0 saturated carbocycles. The van der Waals surface area contributed by atoms with E-state index in [0.717, 1.165) is 37.3 Å². The molecule has 2 aliphatic rings. The molecule has 4 rings (SSSR count). The zero-order valence-electron chi connectivity index (χ0n) is 14.3. The highest BCUT2D eigenvalue weighted by Crippen LogP contribution is 2.34. The van der Waals surface area contributed by atoms with Gasteiger partial charge in [-0.25, -0.2) is 24.1 Å². The first-order valence-corrected chi connectivity index (χ1v) is 8.84. The van der Waals surface area contributed by atoms with Gasteiger partial charge in [-0.05, 0) is 37.1 Å². The Morgan fingerprint density at radius 2 is 1.73 bits per heavy atom. The third kappa shape index (κ3) is 3.16. The number of hydrogen-bond donors (Lipinski definition) is 1. The number of benzene rings is 1. The number of carboxylic acids is 1. The number of carbonyl (C=O) groups is 1. The Bertz CT molecular complexity index is 872. The molecule has 0 unspecified atom stereocenters. The smallest absolute Gasteiger partial charge is 0.350 e. The maximum Gasteiger partial charge on any atom is 0.350 e. The summed E-state index contributed by atoms with van der Waals surface area (Å²) in [6.07, 6.45) is 4.72. The van der Waals surface area contributed by atoms with E-state index < -0.39 is 5.97 Å². The summed E-state index contributed by atoms with van der Waals surface area (Å²) in [5.74, 6) is -0.283. The van der Waals surface area contributed by atoms with Gasteiger partial charge in [-0.2, -0.15) is 0 Å². The van der Waals surface area contributed by atoms with Gasteiger partial charge in [0.05, 0.1) is 5.69 Å². The molecule has 6 nitrogen and oxygen atoms in total. The molecule has 0 aliphatic carbocycles. The van der Waals surface area contributed by atoms with E-state index in [9.17, 15) is 14.3 Å². The first kappa shape index (κ1) is 16.6. The molecule has 1 aromatic heterocycles. The minimum atomic E-state index is -1.05. The van der Waals surface area contributed by atoms with Crippen molar-refractivity contribution < 1.29 is 14.3 Å². The zero-order chi connectivity index (χ0) is 18.1. The number of aliphatic imine (C=N–C) groups is 1. The van der Waals surface area contributed by atoms with Crippen LogP contribution in [0.15, 0.2) is 29.3 Å². The van der Waals surface area contributed by atoms with Crippen LogP contribution in [0.1, 0.15) is 31.4 Å². The van der Waals surface area contributed by atoms with Crippen LogP contribution >= 0.6 is 0 Å². The summed E-state index contributed by atoms with van der Waals surface area (Å²) < 4.78 is 13.3. The second kappa shape index (κ2) is 6.82. The summed E-state index contributed by atoms with van der Waals surface area (Å²) in [5, 5.41) is 9.22. The van der Waals surface area contributed by atoms with Gasteiger partial charge in [0.25, 0.3) is 0 Å². The summed E-state index contributed by atoms with van der Waals surface area (Å²) in [6, 6.07) is 6.12. The SMILES string of the molecule is O=C(O)C1=Nc2nc(-c3ccc(F)cc3)c(N3CCCCCC3)nc2C1. The molecule has 2 aliphatic heterocycles. The average Bonchev–Trinajstić information content (AvgIpc) is 2.87. The summed E-state index contributed by atoms with van der Waals surface area (Å²) in [5.41, 5.74) is 2.02. The summed E-state index contributed by atoms with van der Waals surface area (Å²) in [7, 11) is 0. The maximum absolute atomic E-state index is 13.3. The normalized spacial score (nSPS) is 16.8. The largest absolute Gasteiger partial charge is 0.477 e. The Hall–Kier alpha value is -2.83. The van der Waals surface area contributed by atoms with Gasteiger partial charge < -0.3 is 10.0 Å². The molecule has 1 N–H and O–H groups in total. The van der Waals surface area contributed by atoms with E-state index in [-0.39, 0.29) is 17.9 Å². The lowest BCUT2D eigenvalue weighted by molar-refractivity contribution is -0.129. The minimum absolute atomic E-state index is 0.0538. The van der Waals surface area contributed by atoms with Gasteiger partial charge in [0, 0.05) is 25.1 Å². The van der Waals surface area contributed by atoms with Crippen LogP contribution in [0.2, 0.25) is 0 Å². The summed E-state index contributed by atoms with van der Waals surface area (Å²) in [6.45, 7) is 1.77. The van der Waals surface area contributed by atoms with Crippen LogP contribution in [0.4, 0.5) is 16.0 Å². The molecule has 134 valence electrons. The van der Waals surface area contributed by atoms with Crippen molar-refractivity contribution in [3.05, 3.63) is 35.8 Å². The number of carboxylic acid groups (broad SMARTS) is 1. The van der Waals surface area contributed by atoms with Gasteiger partial charge in [0.15, 0.2) is 11.6 Å². The summed E-state index contributed by atoms with van der Waals surface area (Å²) >= 11 is 0. The third-order valence-corrected chi connectivity index (χ3v) is 4.77. The van der Waals surface area contributed by atoms with Crippen LogP contribution in [0.3, 0.4) is 0 Å². The highest BCUT2D eigenvalue weighted by atomic mass is 19.1. The highest BCUT2D eigenvalue weighted by molar-refractivity contribution is 6.37. The first-order valence-electron chi connectivity index (χ1n) is 8.84. The number of nitrogens with zero attached hydrogens (tertiary/aromatic N) is 4. The number of halogens is 1. The second-order valence-electron chi connectivity index (χ2n) is 6.61. The molecular weight excluding hydrogens is 335 g/mol. The molecule has 1 aromatic carbocycles. The molecule has 2 aromatic rings. The standard InChI is InChI=1S/C19H19FN4O2/c20-13-7-5-12(6-8-13)16-18(24-9-3-1-2-4-10-24)22-14-11-15(19(25)26)21-17(14)23-16/h5-8H,1-4,9-11H2,(H,25,26). The fourth-order valence-electron chi connectivity index (χ4n) is 3.41. The fraction of sp³-hybridized carbons (Fsp3) is 0.368. The lowest BCUT2D eigenvalue weighted by Gasteiger charge is -2.24. The molecule has 0 bridgehead atoms. The van der Waals surface area contributed by atoms with Gasteiger partial charge in [0.2, 0.25) is 0 Å². The number of hydrogen-bond acceptors (Lipinski definition) is 5. The van der Waals surface area contributed by atoms with Crippen molar-refractivity contribution in [3.8, 4) is 11.3 Å². The molecule has 7 heteroatoms. The van der Waals surface area contributed by atoms with E-state index >= 15 is 0 Å². The molecule has 1 saturated heterocycles. The second-order valence-corrected chi connectivity index (χ2v) is 6.61. The van der Waals surface area contributed by atoms with Gasteiger partial charge >= 0.3 is 5.97 Å². The Kier molecular flexibility index (Phi) is 4.36. The van der Waals surface area contributed by atoms with Crippen molar-refractivity contribution >= 4 is 23.3 Å². The van der Waals surface area contributed by atoms with E-state index in [4.69, 9.17) is 4.98 Å². The van der Waals surface area contributed by atoms with E-state index in [1.54, 1.807) is 12.1 Å².